The molecule has 0 saturated heterocycles. The van der Waals surface area contributed by atoms with E-state index >= 15 is 0 Å². The minimum Gasteiger partial charge on any atom is -0.480 e. The fraction of sp³-hybridized carbons (Fsp3) is 0.364. The predicted molar refractivity (Wildman–Crippen MR) is 61.8 cm³/mol. The Hall–Kier alpha value is -2.32. The van der Waals surface area contributed by atoms with Crippen LogP contribution in [0.4, 0.5) is 13.2 Å². The molecule has 0 atom stereocenters. The molecule has 2 heterocycles. The summed E-state index contributed by atoms with van der Waals surface area (Å²) in [6.07, 6.45) is -4.55. The average molecular weight is 288 g/mol. The molecule has 0 spiro atoms. The Morgan fingerprint density at radius 3 is 2.45 bits per heavy atom. The number of rotatable bonds is 3. The highest BCUT2D eigenvalue weighted by Gasteiger charge is 2.35. The number of carbonyl (C=O) groups is 1. The van der Waals surface area contributed by atoms with E-state index in [1.807, 2.05) is 0 Å². The number of halogens is 3. The van der Waals surface area contributed by atoms with E-state index in [2.05, 4.69) is 10.2 Å². The second-order valence-corrected chi connectivity index (χ2v) is 4.26. The van der Waals surface area contributed by atoms with Gasteiger partial charge in [0.1, 0.15) is 6.54 Å². The van der Waals surface area contributed by atoms with Crippen molar-refractivity contribution in [1.29, 1.82) is 0 Å². The number of nitrogens with zero attached hydrogens (tertiary/aromatic N) is 4. The quantitative estimate of drug-likeness (QED) is 0.933. The molecule has 2 aromatic rings. The van der Waals surface area contributed by atoms with Gasteiger partial charge in [-0.15, -0.1) is 0 Å². The molecular formula is C11H11F3N4O2. The first-order chi connectivity index (χ1) is 9.18. The van der Waals surface area contributed by atoms with Crippen molar-refractivity contribution in [2.45, 2.75) is 19.6 Å². The van der Waals surface area contributed by atoms with Gasteiger partial charge in [0.05, 0.1) is 17.1 Å². The zero-order valence-electron chi connectivity index (χ0n) is 10.6. The summed E-state index contributed by atoms with van der Waals surface area (Å²) in [5, 5.41) is 16.1. The molecule has 6 nitrogen and oxygen atoms in total. The lowest BCUT2D eigenvalue weighted by molar-refractivity contribution is -0.141. The summed E-state index contributed by atoms with van der Waals surface area (Å²) < 4.78 is 40.0. The number of alkyl halides is 3. The Labute approximate surface area is 111 Å². The Kier molecular flexibility index (Phi) is 3.28. The second kappa shape index (κ2) is 4.66. The highest BCUT2D eigenvalue weighted by molar-refractivity contribution is 5.68. The highest BCUT2D eigenvalue weighted by atomic mass is 19.4. The molecule has 9 heteroatoms. The Morgan fingerprint density at radius 2 is 1.95 bits per heavy atom. The minimum atomic E-state index is -4.55. The van der Waals surface area contributed by atoms with Gasteiger partial charge in [-0.25, -0.2) is 0 Å². The van der Waals surface area contributed by atoms with Gasteiger partial charge in [0.15, 0.2) is 5.69 Å². The average Bonchev–Trinajstić information content (AvgIpc) is 2.80. The maximum Gasteiger partial charge on any atom is 0.435 e. The Balaban J connectivity index is 2.51. The number of aliphatic carboxylic acids is 1. The minimum absolute atomic E-state index is 0.152. The maximum absolute atomic E-state index is 12.6. The molecule has 2 aromatic heterocycles. The largest absolute Gasteiger partial charge is 0.480 e. The van der Waals surface area contributed by atoms with Crippen LogP contribution in [0.1, 0.15) is 11.4 Å². The molecule has 0 amide bonds. The van der Waals surface area contributed by atoms with Crippen LogP contribution in [0, 0.1) is 6.92 Å². The summed E-state index contributed by atoms with van der Waals surface area (Å²) in [5.74, 6) is -1.13. The van der Waals surface area contributed by atoms with Gasteiger partial charge >= 0.3 is 12.1 Å². The van der Waals surface area contributed by atoms with E-state index in [4.69, 9.17) is 5.11 Å². The molecule has 20 heavy (non-hydrogen) atoms. The van der Waals surface area contributed by atoms with Gasteiger partial charge in [0.2, 0.25) is 0 Å². The topological polar surface area (TPSA) is 72.9 Å². The molecule has 0 aliphatic carbocycles. The van der Waals surface area contributed by atoms with Crippen molar-refractivity contribution in [2.24, 2.45) is 7.05 Å². The summed E-state index contributed by atoms with van der Waals surface area (Å²) in [6.45, 7) is 1.19. The van der Waals surface area contributed by atoms with Crippen LogP contribution in [0.5, 0.6) is 0 Å². The third kappa shape index (κ3) is 2.65. The van der Waals surface area contributed by atoms with Crippen LogP contribution in [0.15, 0.2) is 12.1 Å². The van der Waals surface area contributed by atoms with Crippen molar-refractivity contribution in [3.63, 3.8) is 0 Å². The maximum atomic E-state index is 12.6. The molecule has 2 rings (SSSR count). The fourth-order valence-corrected chi connectivity index (χ4v) is 1.85. The van der Waals surface area contributed by atoms with Crippen molar-refractivity contribution < 1.29 is 23.1 Å². The molecular weight excluding hydrogens is 277 g/mol. The molecule has 0 saturated carbocycles. The summed E-state index contributed by atoms with van der Waals surface area (Å²) in [7, 11) is 1.36. The third-order valence-electron chi connectivity index (χ3n) is 2.62. The number of hydrogen-bond acceptors (Lipinski definition) is 3. The van der Waals surface area contributed by atoms with Crippen LogP contribution in [0.25, 0.3) is 11.4 Å². The zero-order chi connectivity index (χ0) is 15.1. The van der Waals surface area contributed by atoms with E-state index in [1.54, 1.807) is 6.92 Å². The molecule has 0 aromatic carbocycles. The van der Waals surface area contributed by atoms with Crippen molar-refractivity contribution >= 4 is 5.97 Å². The van der Waals surface area contributed by atoms with E-state index in [-0.39, 0.29) is 11.4 Å². The molecule has 108 valence electrons. The molecule has 0 aliphatic rings. The summed E-state index contributed by atoms with van der Waals surface area (Å²) in [5.41, 5.74) is -0.0960. The number of carboxylic acids is 1. The zero-order valence-corrected chi connectivity index (χ0v) is 10.6. The summed E-state index contributed by atoms with van der Waals surface area (Å²) >= 11 is 0. The summed E-state index contributed by atoms with van der Waals surface area (Å²) in [4.78, 5) is 10.7. The van der Waals surface area contributed by atoms with E-state index in [9.17, 15) is 18.0 Å². The predicted octanol–water partition coefficient (Wildman–Crippen LogP) is 1.70. The van der Waals surface area contributed by atoms with Gasteiger partial charge < -0.3 is 5.11 Å². The highest BCUT2D eigenvalue weighted by Crippen LogP contribution is 2.31. The third-order valence-corrected chi connectivity index (χ3v) is 2.62. The van der Waals surface area contributed by atoms with Crippen molar-refractivity contribution in [2.75, 3.05) is 0 Å². The normalized spacial score (nSPS) is 11.8. The van der Waals surface area contributed by atoms with Gasteiger partial charge in [0, 0.05) is 7.05 Å². The number of aryl methyl sites for hydroxylation is 2. The van der Waals surface area contributed by atoms with Gasteiger partial charge in [-0.1, -0.05) is 0 Å². The number of aromatic nitrogens is 4. The smallest absolute Gasteiger partial charge is 0.435 e. The van der Waals surface area contributed by atoms with Crippen LogP contribution in [-0.4, -0.2) is 30.6 Å². The van der Waals surface area contributed by atoms with E-state index in [0.717, 1.165) is 15.4 Å². The first-order valence-electron chi connectivity index (χ1n) is 5.56. The first-order valence-corrected chi connectivity index (χ1v) is 5.56. The standard InChI is InChI=1S/C11H11F3N4O2/c1-6-3-8(18(15-6)5-10(19)20)7-4-9(11(12,13)14)16-17(7)2/h3-4H,5H2,1-2H3,(H,19,20). The lowest BCUT2D eigenvalue weighted by Crippen LogP contribution is -2.12. The van der Waals surface area contributed by atoms with Crippen molar-refractivity contribution in [3.05, 3.63) is 23.5 Å². The lowest BCUT2D eigenvalue weighted by atomic mass is 10.2. The van der Waals surface area contributed by atoms with Crippen molar-refractivity contribution in [3.8, 4) is 11.4 Å². The van der Waals surface area contributed by atoms with Crippen LogP contribution in [0.3, 0.4) is 0 Å². The Bertz CT molecular complexity index is 657. The van der Waals surface area contributed by atoms with E-state index in [1.165, 1.54) is 13.1 Å². The van der Waals surface area contributed by atoms with Gasteiger partial charge in [-0.3, -0.25) is 14.2 Å². The van der Waals surface area contributed by atoms with Crippen molar-refractivity contribution in [1.82, 2.24) is 19.6 Å². The molecule has 0 radical (unpaired) electrons. The Morgan fingerprint density at radius 1 is 1.30 bits per heavy atom. The van der Waals surface area contributed by atoms with Crippen LogP contribution >= 0.6 is 0 Å². The molecule has 0 aliphatic heterocycles. The SMILES string of the molecule is Cc1cc(-c2cc(C(F)(F)F)nn2C)n(CC(=O)O)n1. The summed E-state index contributed by atoms with van der Waals surface area (Å²) in [6, 6.07) is 2.38. The van der Waals surface area contributed by atoms with Crippen LogP contribution in [-0.2, 0) is 24.6 Å². The van der Waals surface area contributed by atoms with Crippen LogP contribution in [0.2, 0.25) is 0 Å². The number of carboxylic acid groups (broad SMARTS) is 1. The fourth-order valence-electron chi connectivity index (χ4n) is 1.85. The molecule has 0 bridgehead atoms. The van der Waals surface area contributed by atoms with E-state index < -0.39 is 24.4 Å². The van der Waals surface area contributed by atoms with Gasteiger partial charge in [-0.2, -0.15) is 23.4 Å². The van der Waals surface area contributed by atoms with Crippen LogP contribution < -0.4 is 0 Å². The monoisotopic (exact) mass is 288 g/mol. The molecule has 0 fully saturated rings. The van der Waals surface area contributed by atoms with E-state index in [0.29, 0.717) is 5.69 Å². The lowest BCUT2D eigenvalue weighted by Gasteiger charge is -2.04. The first kappa shape index (κ1) is 14.1. The second-order valence-electron chi connectivity index (χ2n) is 4.26. The number of hydrogen-bond donors (Lipinski definition) is 1. The molecule has 1 N–H and O–H groups in total. The van der Waals surface area contributed by atoms with Gasteiger partial charge in [0.25, 0.3) is 0 Å². The van der Waals surface area contributed by atoms with Gasteiger partial charge in [-0.05, 0) is 19.1 Å². The molecule has 0 unspecified atom stereocenters.